The Labute approximate surface area is 123 Å². The molecule has 0 aromatic heterocycles. The number of carbonyl (C=O) groups excluding carboxylic acids is 3. The normalized spacial score (nSPS) is 18.4. The van der Waals surface area contributed by atoms with Gasteiger partial charge in [-0.15, -0.1) is 0 Å². The monoisotopic (exact) mass is 289 g/mol. The summed E-state index contributed by atoms with van der Waals surface area (Å²) in [5.74, 6) is -0.841. The van der Waals surface area contributed by atoms with Crippen LogP contribution in [-0.2, 0) is 20.8 Å². The molecule has 1 aromatic rings. The zero-order valence-corrected chi connectivity index (χ0v) is 12.0. The zero-order valence-electron chi connectivity index (χ0n) is 12.0. The van der Waals surface area contributed by atoms with E-state index in [1.165, 1.54) is 11.8 Å². The average Bonchev–Trinajstić information content (AvgIpc) is 2.47. The van der Waals surface area contributed by atoms with Crippen LogP contribution in [0.15, 0.2) is 30.3 Å². The summed E-state index contributed by atoms with van der Waals surface area (Å²) >= 11 is 0. The fraction of sp³-hybridized carbons (Fsp3) is 0.400. The molecule has 21 heavy (non-hydrogen) atoms. The van der Waals surface area contributed by atoms with E-state index in [4.69, 9.17) is 5.73 Å². The molecule has 0 bridgehead atoms. The van der Waals surface area contributed by atoms with Gasteiger partial charge in [-0.1, -0.05) is 30.3 Å². The highest BCUT2D eigenvalue weighted by molar-refractivity contribution is 5.87. The lowest BCUT2D eigenvalue weighted by molar-refractivity contribution is -0.146. The van der Waals surface area contributed by atoms with Crippen LogP contribution >= 0.6 is 0 Å². The molecule has 0 unspecified atom stereocenters. The van der Waals surface area contributed by atoms with Crippen LogP contribution in [0.2, 0.25) is 0 Å². The van der Waals surface area contributed by atoms with Crippen molar-refractivity contribution in [1.29, 1.82) is 0 Å². The maximum absolute atomic E-state index is 12.3. The fourth-order valence-electron chi connectivity index (χ4n) is 2.51. The Morgan fingerprint density at radius 1 is 1.19 bits per heavy atom. The Morgan fingerprint density at radius 2 is 1.86 bits per heavy atom. The number of piperazine rings is 1. The third kappa shape index (κ3) is 3.59. The van der Waals surface area contributed by atoms with Gasteiger partial charge < -0.3 is 15.5 Å². The van der Waals surface area contributed by atoms with Gasteiger partial charge in [0.2, 0.25) is 17.7 Å². The van der Waals surface area contributed by atoms with Gasteiger partial charge in [0.05, 0.1) is 13.0 Å². The van der Waals surface area contributed by atoms with Gasteiger partial charge in [-0.05, 0) is 5.56 Å². The molecule has 6 nitrogen and oxygen atoms in total. The first-order valence-electron chi connectivity index (χ1n) is 6.87. The first-order valence-corrected chi connectivity index (χ1v) is 6.87. The maximum Gasteiger partial charge on any atom is 0.242 e. The number of primary amides is 1. The smallest absolute Gasteiger partial charge is 0.242 e. The number of amides is 3. The fourth-order valence-corrected chi connectivity index (χ4v) is 2.51. The number of nitrogens with zero attached hydrogens (tertiary/aromatic N) is 2. The van der Waals surface area contributed by atoms with Gasteiger partial charge in [-0.3, -0.25) is 14.4 Å². The van der Waals surface area contributed by atoms with Crippen LogP contribution in [0.3, 0.4) is 0 Å². The molecule has 6 heteroatoms. The van der Waals surface area contributed by atoms with Crippen molar-refractivity contribution >= 4 is 17.7 Å². The number of rotatable bonds is 3. The van der Waals surface area contributed by atoms with Crippen molar-refractivity contribution in [2.75, 3.05) is 19.6 Å². The maximum atomic E-state index is 12.3. The van der Waals surface area contributed by atoms with E-state index >= 15 is 0 Å². The Hall–Kier alpha value is -2.37. The molecule has 0 radical (unpaired) electrons. The molecule has 112 valence electrons. The second-order valence-corrected chi connectivity index (χ2v) is 5.13. The molecule has 0 spiro atoms. The molecule has 1 aromatic carbocycles. The SMILES string of the molecule is CC(=O)N1CCN(C(=O)Cc2ccccc2)C[C@@H]1C(N)=O. The minimum absolute atomic E-state index is 0.0596. The van der Waals surface area contributed by atoms with Gasteiger partial charge in [0.25, 0.3) is 0 Å². The molecule has 1 aliphatic heterocycles. The van der Waals surface area contributed by atoms with Gasteiger partial charge in [0, 0.05) is 20.0 Å². The molecule has 1 fully saturated rings. The van der Waals surface area contributed by atoms with Crippen LogP contribution in [0.4, 0.5) is 0 Å². The average molecular weight is 289 g/mol. The van der Waals surface area contributed by atoms with E-state index in [-0.39, 0.29) is 24.8 Å². The summed E-state index contributed by atoms with van der Waals surface area (Å²) in [6, 6.07) is 8.68. The van der Waals surface area contributed by atoms with Crippen molar-refractivity contribution in [3.63, 3.8) is 0 Å². The number of nitrogens with two attached hydrogens (primary N) is 1. The summed E-state index contributed by atoms with van der Waals surface area (Å²) in [6.45, 7) is 2.33. The van der Waals surface area contributed by atoms with E-state index in [0.29, 0.717) is 13.1 Å². The van der Waals surface area contributed by atoms with Crippen molar-refractivity contribution in [2.24, 2.45) is 5.73 Å². The minimum Gasteiger partial charge on any atom is -0.368 e. The second-order valence-electron chi connectivity index (χ2n) is 5.13. The van der Waals surface area contributed by atoms with Gasteiger partial charge in [0.1, 0.15) is 6.04 Å². The highest BCUT2D eigenvalue weighted by atomic mass is 16.2. The minimum atomic E-state index is -0.740. The van der Waals surface area contributed by atoms with E-state index in [2.05, 4.69) is 0 Å². The summed E-state index contributed by atoms with van der Waals surface area (Å²) in [4.78, 5) is 38.3. The van der Waals surface area contributed by atoms with Crippen LogP contribution < -0.4 is 5.73 Å². The molecule has 2 rings (SSSR count). The van der Waals surface area contributed by atoms with Crippen LogP contribution in [0.1, 0.15) is 12.5 Å². The second kappa shape index (κ2) is 6.39. The van der Waals surface area contributed by atoms with Gasteiger partial charge >= 0.3 is 0 Å². The van der Waals surface area contributed by atoms with E-state index in [0.717, 1.165) is 5.56 Å². The van der Waals surface area contributed by atoms with Gasteiger partial charge in [-0.2, -0.15) is 0 Å². The molecule has 2 N–H and O–H groups in total. The topological polar surface area (TPSA) is 83.7 Å². The van der Waals surface area contributed by atoms with Crippen LogP contribution in [-0.4, -0.2) is 53.2 Å². The number of benzene rings is 1. The highest BCUT2D eigenvalue weighted by Crippen LogP contribution is 2.12. The molecule has 1 heterocycles. The predicted molar refractivity (Wildman–Crippen MR) is 77.1 cm³/mol. The van der Waals surface area contributed by atoms with E-state index in [1.54, 1.807) is 4.90 Å². The Kier molecular flexibility index (Phi) is 4.57. The first kappa shape index (κ1) is 15.0. The summed E-state index contributed by atoms with van der Waals surface area (Å²) in [7, 11) is 0. The Morgan fingerprint density at radius 3 is 2.43 bits per heavy atom. The highest BCUT2D eigenvalue weighted by Gasteiger charge is 2.34. The van der Waals surface area contributed by atoms with E-state index < -0.39 is 11.9 Å². The number of hydrogen-bond donors (Lipinski definition) is 1. The summed E-state index contributed by atoms with van der Waals surface area (Å²) < 4.78 is 0. The van der Waals surface area contributed by atoms with Crippen molar-refractivity contribution in [3.05, 3.63) is 35.9 Å². The Balaban J connectivity index is 2.03. The quantitative estimate of drug-likeness (QED) is 0.834. The zero-order chi connectivity index (χ0) is 15.4. The molecule has 1 aliphatic rings. The molecular formula is C15H19N3O3. The number of hydrogen-bond acceptors (Lipinski definition) is 3. The summed E-state index contributed by atoms with van der Waals surface area (Å²) in [6.07, 6.45) is 0.284. The largest absolute Gasteiger partial charge is 0.368 e. The lowest BCUT2D eigenvalue weighted by atomic mass is 10.1. The van der Waals surface area contributed by atoms with Gasteiger partial charge in [0.15, 0.2) is 0 Å². The van der Waals surface area contributed by atoms with Crippen molar-refractivity contribution < 1.29 is 14.4 Å². The van der Waals surface area contributed by atoms with Crippen molar-refractivity contribution in [3.8, 4) is 0 Å². The summed E-state index contributed by atoms with van der Waals surface area (Å²) in [5, 5.41) is 0. The van der Waals surface area contributed by atoms with Crippen molar-refractivity contribution in [1.82, 2.24) is 9.80 Å². The first-order chi connectivity index (χ1) is 9.99. The molecule has 0 saturated carbocycles. The standard InChI is InChI=1S/C15H19N3O3/c1-11(19)18-8-7-17(10-13(18)15(16)21)14(20)9-12-5-3-2-4-6-12/h2-6,13H,7-10H2,1H3,(H2,16,21)/t13-/m1/s1. The molecule has 1 saturated heterocycles. The molecule has 1 atom stereocenters. The Bertz CT molecular complexity index is 544. The van der Waals surface area contributed by atoms with E-state index in [9.17, 15) is 14.4 Å². The van der Waals surface area contributed by atoms with Crippen LogP contribution in [0.5, 0.6) is 0 Å². The predicted octanol–water partition coefficient (Wildman–Crippen LogP) is -0.226. The third-order valence-corrected chi connectivity index (χ3v) is 3.66. The van der Waals surface area contributed by atoms with Crippen LogP contribution in [0.25, 0.3) is 0 Å². The van der Waals surface area contributed by atoms with Crippen LogP contribution in [0, 0.1) is 0 Å². The lowest BCUT2D eigenvalue weighted by Gasteiger charge is -2.39. The molecular weight excluding hydrogens is 270 g/mol. The van der Waals surface area contributed by atoms with E-state index in [1.807, 2.05) is 30.3 Å². The third-order valence-electron chi connectivity index (χ3n) is 3.66. The molecule has 0 aliphatic carbocycles. The lowest BCUT2D eigenvalue weighted by Crippen LogP contribution is -2.60. The van der Waals surface area contributed by atoms with Gasteiger partial charge in [-0.25, -0.2) is 0 Å². The van der Waals surface area contributed by atoms with Crippen molar-refractivity contribution in [2.45, 2.75) is 19.4 Å². The summed E-state index contributed by atoms with van der Waals surface area (Å²) in [5.41, 5.74) is 6.26. The molecule has 3 amide bonds. The number of carbonyl (C=O) groups is 3.